The molecule has 8 heteroatoms. The monoisotopic (exact) mass is 480 g/mol. The van der Waals surface area contributed by atoms with Crippen LogP contribution in [0.2, 0.25) is 5.02 Å². The third kappa shape index (κ3) is 3.37. The summed E-state index contributed by atoms with van der Waals surface area (Å²) >= 11 is 6.21. The van der Waals surface area contributed by atoms with Gasteiger partial charge in [0.1, 0.15) is 6.04 Å². The maximum Gasteiger partial charge on any atom is 0.269 e. The first-order valence-electron chi connectivity index (χ1n) is 10.8. The van der Waals surface area contributed by atoms with Crippen molar-refractivity contribution < 1.29 is 9.72 Å². The summed E-state index contributed by atoms with van der Waals surface area (Å²) in [6, 6.07) is 22.6. The molecule has 0 radical (unpaired) electrons. The third-order valence-corrected chi connectivity index (χ3v) is 6.99. The maximum atomic E-state index is 14.1. The number of nitrogens with zero attached hydrogens (tertiary/aromatic N) is 4. The first kappa shape index (κ1) is 22.3. The van der Waals surface area contributed by atoms with Crippen molar-refractivity contribution in [2.24, 2.45) is 5.41 Å². The number of halogens is 1. The van der Waals surface area contributed by atoms with E-state index in [1.165, 1.54) is 24.3 Å². The molecule has 170 valence electrons. The Hall–Kier alpha value is -4.46. The minimum absolute atomic E-state index is 0.130. The van der Waals surface area contributed by atoms with Crippen LogP contribution in [0.4, 0.5) is 11.4 Å². The number of ketones is 1. The lowest BCUT2D eigenvalue weighted by Crippen LogP contribution is -2.44. The molecule has 0 amide bonds. The van der Waals surface area contributed by atoms with Gasteiger partial charge in [-0.2, -0.15) is 10.5 Å². The summed E-state index contributed by atoms with van der Waals surface area (Å²) in [5.41, 5.74) is 0.723. The van der Waals surface area contributed by atoms with Crippen LogP contribution in [0.1, 0.15) is 27.4 Å². The number of hydrogen-bond acceptors (Lipinski definition) is 6. The number of benzene rings is 3. The molecule has 2 heterocycles. The van der Waals surface area contributed by atoms with Crippen molar-refractivity contribution in [1.82, 2.24) is 0 Å². The zero-order valence-electron chi connectivity index (χ0n) is 18.2. The first-order chi connectivity index (χ1) is 16.9. The number of nitro groups is 1. The predicted octanol–water partition coefficient (Wildman–Crippen LogP) is 5.53. The molecule has 2 aliphatic rings. The van der Waals surface area contributed by atoms with Gasteiger partial charge in [-0.15, -0.1) is 0 Å². The van der Waals surface area contributed by atoms with Crippen LogP contribution in [0.15, 0.2) is 78.9 Å². The second kappa shape index (κ2) is 8.39. The van der Waals surface area contributed by atoms with E-state index in [0.29, 0.717) is 16.3 Å². The predicted molar refractivity (Wildman–Crippen MR) is 131 cm³/mol. The summed E-state index contributed by atoms with van der Waals surface area (Å²) in [5, 5.41) is 32.4. The van der Waals surface area contributed by atoms with Crippen molar-refractivity contribution in [3.63, 3.8) is 0 Å². The van der Waals surface area contributed by atoms with E-state index in [9.17, 15) is 25.4 Å². The molecule has 0 N–H and O–H groups in total. The smallest absolute Gasteiger partial charge is 0.269 e. The SMILES string of the molecule is N#CC1(C#N)C(c2ccccc2)C(C(=O)c2ccc([N+](=O)[O-])cc2)N2c3ccc(Cl)cc3C=CC21. The average Bonchev–Trinajstić information content (AvgIpc) is 3.19. The van der Waals surface area contributed by atoms with E-state index in [1.54, 1.807) is 24.3 Å². The molecule has 0 saturated carbocycles. The Bertz CT molecular complexity index is 1440. The highest BCUT2D eigenvalue weighted by Gasteiger charge is 2.63. The van der Waals surface area contributed by atoms with E-state index in [1.807, 2.05) is 41.3 Å². The highest BCUT2D eigenvalue weighted by atomic mass is 35.5. The van der Waals surface area contributed by atoms with Crippen molar-refractivity contribution in [3.05, 3.63) is 111 Å². The molecule has 3 atom stereocenters. The number of nitro benzene ring substituents is 1. The van der Waals surface area contributed by atoms with Crippen molar-refractivity contribution in [2.45, 2.75) is 18.0 Å². The Labute approximate surface area is 206 Å². The van der Waals surface area contributed by atoms with Crippen molar-refractivity contribution in [2.75, 3.05) is 4.90 Å². The summed E-state index contributed by atoms with van der Waals surface area (Å²) in [6.07, 6.45) is 3.61. The first-order valence-corrected chi connectivity index (χ1v) is 11.2. The highest BCUT2D eigenvalue weighted by molar-refractivity contribution is 6.30. The third-order valence-electron chi connectivity index (χ3n) is 6.76. The van der Waals surface area contributed by atoms with Crippen molar-refractivity contribution in [1.29, 1.82) is 10.5 Å². The Kier molecular flexibility index (Phi) is 5.36. The van der Waals surface area contributed by atoms with E-state index in [2.05, 4.69) is 12.1 Å². The van der Waals surface area contributed by atoms with Gasteiger partial charge in [0, 0.05) is 34.3 Å². The van der Waals surface area contributed by atoms with Crippen LogP contribution in [-0.2, 0) is 0 Å². The van der Waals surface area contributed by atoms with Crippen LogP contribution in [0.3, 0.4) is 0 Å². The lowest BCUT2D eigenvalue weighted by Gasteiger charge is -2.35. The van der Waals surface area contributed by atoms with Gasteiger partial charge in [-0.05, 0) is 41.5 Å². The average molecular weight is 481 g/mol. The molecule has 0 bridgehead atoms. The zero-order valence-corrected chi connectivity index (χ0v) is 19.0. The fourth-order valence-corrected chi connectivity index (χ4v) is 5.40. The van der Waals surface area contributed by atoms with Crippen LogP contribution in [-0.4, -0.2) is 22.8 Å². The van der Waals surface area contributed by atoms with Crippen molar-refractivity contribution in [3.8, 4) is 12.1 Å². The number of nitriles is 2. The van der Waals surface area contributed by atoms with Gasteiger partial charge >= 0.3 is 0 Å². The molecule has 3 aromatic carbocycles. The number of hydrogen-bond donors (Lipinski definition) is 0. The lowest BCUT2D eigenvalue weighted by atomic mass is 9.69. The summed E-state index contributed by atoms with van der Waals surface area (Å²) in [6.45, 7) is 0. The summed E-state index contributed by atoms with van der Waals surface area (Å²) in [7, 11) is 0. The summed E-state index contributed by atoms with van der Waals surface area (Å²) < 4.78 is 0. The van der Waals surface area contributed by atoms with E-state index >= 15 is 0 Å². The number of Topliss-reactive ketones (excluding diaryl/α,β-unsaturated/α-hetero) is 1. The second-order valence-electron chi connectivity index (χ2n) is 8.51. The summed E-state index contributed by atoms with van der Waals surface area (Å²) in [5.74, 6) is -1.11. The quantitative estimate of drug-likeness (QED) is 0.275. The topological polar surface area (TPSA) is 111 Å². The molecular formula is C27H17ClN4O3. The number of fused-ring (bicyclic) bond motifs is 3. The molecular weight excluding hydrogens is 464 g/mol. The maximum absolute atomic E-state index is 14.1. The number of anilines is 1. The Morgan fingerprint density at radius 3 is 2.34 bits per heavy atom. The number of carbonyl (C=O) groups is 1. The standard InChI is InChI=1S/C27H17ClN4O3/c28-20-9-12-22-19(14-20)8-13-23-27(15-29,16-30)24(17-4-2-1-3-5-17)25(31(22)23)26(33)18-6-10-21(11-7-18)32(34)35/h1-14,23-25H. The molecule has 1 fully saturated rings. The minimum Gasteiger partial charge on any atom is -0.351 e. The second-order valence-corrected chi connectivity index (χ2v) is 8.94. The van der Waals surface area contributed by atoms with Gasteiger partial charge in [0.05, 0.1) is 23.1 Å². The van der Waals surface area contributed by atoms with Crippen LogP contribution < -0.4 is 4.90 Å². The van der Waals surface area contributed by atoms with E-state index in [0.717, 1.165) is 5.56 Å². The molecule has 3 aromatic rings. The molecule has 35 heavy (non-hydrogen) atoms. The molecule has 5 rings (SSSR count). The van der Waals surface area contributed by atoms with Gasteiger partial charge in [-0.3, -0.25) is 14.9 Å². The van der Waals surface area contributed by atoms with Crippen LogP contribution >= 0.6 is 11.6 Å². The Balaban J connectivity index is 1.75. The zero-order chi connectivity index (χ0) is 24.7. The highest BCUT2D eigenvalue weighted by Crippen LogP contribution is 2.55. The van der Waals surface area contributed by atoms with Gasteiger partial charge in [-0.25, -0.2) is 0 Å². The molecule has 3 unspecified atom stereocenters. The summed E-state index contributed by atoms with van der Waals surface area (Å²) in [4.78, 5) is 26.5. The molecule has 1 saturated heterocycles. The Morgan fingerprint density at radius 2 is 1.71 bits per heavy atom. The molecule has 7 nitrogen and oxygen atoms in total. The largest absolute Gasteiger partial charge is 0.351 e. The minimum atomic E-state index is -1.56. The van der Waals surface area contributed by atoms with Crippen LogP contribution in [0, 0.1) is 38.2 Å². The molecule has 0 aromatic heterocycles. The normalized spacial score (nSPS) is 21.3. The molecule has 0 spiro atoms. The number of carbonyl (C=O) groups excluding carboxylic acids is 1. The van der Waals surface area contributed by atoms with Gasteiger partial charge < -0.3 is 4.90 Å². The van der Waals surface area contributed by atoms with E-state index in [4.69, 9.17) is 11.6 Å². The fourth-order valence-electron chi connectivity index (χ4n) is 5.22. The van der Waals surface area contributed by atoms with Gasteiger partial charge in [0.25, 0.3) is 5.69 Å². The van der Waals surface area contributed by atoms with Gasteiger partial charge in [0.2, 0.25) is 0 Å². The van der Waals surface area contributed by atoms with Gasteiger partial charge in [-0.1, -0.05) is 54.1 Å². The lowest BCUT2D eigenvalue weighted by molar-refractivity contribution is -0.384. The van der Waals surface area contributed by atoms with Crippen molar-refractivity contribution >= 4 is 34.8 Å². The fraction of sp³-hybridized carbons (Fsp3) is 0.148. The van der Waals surface area contributed by atoms with Crippen LogP contribution in [0.5, 0.6) is 0 Å². The molecule has 2 aliphatic heterocycles. The molecule has 0 aliphatic carbocycles. The van der Waals surface area contributed by atoms with Gasteiger partial charge in [0.15, 0.2) is 11.2 Å². The Morgan fingerprint density at radius 1 is 1.03 bits per heavy atom. The van der Waals surface area contributed by atoms with Crippen LogP contribution in [0.25, 0.3) is 6.08 Å². The number of rotatable bonds is 4. The van der Waals surface area contributed by atoms with E-state index < -0.39 is 28.3 Å². The number of non-ortho nitro benzene ring substituents is 1. The van der Waals surface area contributed by atoms with E-state index in [-0.39, 0.29) is 17.0 Å².